The predicted molar refractivity (Wildman–Crippen MR) is 65.8 cm³/mol. The molecule has 1 fully saturated rings. The first kappa shape index (κ1) is 13.9. The molecule has 0 aromatic carbocycles. The van der Waals surface area contributed by atoms with Gasteiger partial charge in [-0.2, -0.15) is 0 Å². The fourth-order valence-electron chi connectivity index (χ4n) is 1.79. The second-order valence-corrected chi connectivity index (χ2v) is 4.61. The molecule has 0 aliphatic carbocycles. The van der Waals surface area contributed by atoms with E-state index in [1.807, 2.05) is 0 Å². The lowest BCUT2D eigenvalue weighted by Crippen LogP contribution is -2.32. The van der Waals surface area contributed by atoms with Gasteiger partial charge in [-0.25, -0.2) is 0 Å². The number of nitrogens with one attached hydrogen (secondary N) is 1. The quantitative estimate of drug-likeness (QED) is 0.654. The second kappa shape index (κ2) is 8.93. The molecular weight excluding hydrogens is 204 g/mol. The van der Waals surface area contributed by atoms with Crippen LogP contribution in [-0.2, 0) is 9.47 Å². The Morgan fingerprint density at radius 1 is 1.25 bits per heavy atom. The van der Waals surface area contributed by atoms with Crippen LogP contribution in [0.1, 0.15) is 19.3 Å². The summed E-state index contributed by atoms with van der Waals surface area (Å²) in [5, 5.41) is 3.53. The van der Waals surface area contributed by atoms with Crippen molar-refractivity contribution >= 4 is 0 Å². The molecule has 0 amide bonds. The van der Waals surface area contributed by atoms with Gasteiger partial charge in [-0.3, -0.25) is 0 Å². The molecule has 0 bridgehead atoms. The molecule has 1 atom stereocenters. The highest BCUT2D eigenvalue weighted by Gasteiger charge is 2.10. The summed E-state index contributed by atoms with van der Waals surface area (Å²) in [5.74, 6) is 0. The molecule has 1 rings (SSSR count). The van der Waals surface area contributed by atoms with E-state index in [2.05, 4.69) is 24.3 Å². The van der Waals surface area contributed by atoms with Crippen molar-refractivity contribution in [2.45, 2.75) is 25.3 Å². The van der Waals surface area contributed by atoms with Crippen molar-refractivity contribution in [2.75, 3.05) is 53.6 Å². The van der Waals surface area contributed by atoms with Gasteiger partial charge in [0.25, 0.3) is 0 Å². The largest absolute Gasteiger partial charge is 0.381 e. The van der Waals surface area contributed by atoms with Crippen LogP contribution in [0.5, 0.6) is 0 Å². The van der Waals surface area contributed by atoms with Crippen LogP contribution in [0.2, 0.25) is 0 Å². The number of likely N-dealkylation sites (N-methyl/N-ethyl adjacent to an activating group) is 1. The summed E-state index contributed by atoms with van der Waals surface area (Å²) in [7, 11) is 4.13. The van der Waals surface area contributed by atoms with E-state index in [9.17, 15) is 0 Å². The Balaban J connectivity index is 1.89. The van der Waals surface area contributed by atoms with E-state index in [1.54, 1.807) is 0 Å². The predicted octanol–water partition coefficient (Wildman–Crippen LogP) is 0.723. The van der Waals surface area contributed by atoms with Gasteiger partial charge in [-0.05, 0) is 33.4 Å². The Morgan fingerprint density at radius 3 is 2.94 bits per heavy atom. The third-order valence-electron chi connectivity index (χ3n) is 2.81. The highest BCUT2D eigenvalue weighted by atomic mass is 16.5. The summed E-state index contributed by atoms with van der Waals surface area (Å²) < 4.78 is 11.0. The molecule has 1 unspecified atom stereocenters. The van der Waals surface area contributed by atoms with Crippen LogP contribution in [0.25, 0.3) is 0 Å². The molecule has 4 nitrogen and oxygen atoms in total. The van der Waals surface area contributed by atoms with E-state index in [-0.39, 0.29) is 0 Å². The second-order valence-electron chi connectivity index (χ2n) is 4.61. The summed E-state index contributed by atoms with van der Waals surface area (Å²) in [6.45, 7) is 5.42. The SMILES string of the molecule is CN(C)CCOCCNC1CCCOCC1. The van der Waals surface area contributed by atoms with Crippen molar-refractivity contribution in [2.24, 2.45) is 0 Å². The van der Waals surface area contributed by atoms with Crippen molar-refractivity contribution in [3.8, 4) is 0 Å². The molecule has 4 heteroatoms. The molecular formula is C12H26N2O2. The topological polar surface area (TPSA) is 33.7 Å². The van der Waals surface area contributed by atoms with Crippen molar-refractivity contribution in [3.63, 3.8) is 0 Å². The van der Waals surface area contributed by atoms with Gasteiger partial charge in [0.1, 0.15) is 0 Å². The van der Waals surface area contributed by atoms with Crippen LogP contribution in [0.3, 0.4) is 0 Å². The number of hydrogen-bond acceptors (Lipinski definition) is 4. The Kier molecular flexibility index (Phi) is 7.76. The maximum atomic E-state index is 5.53. The lowest BCUT2D eigenvalue weighted by atomic mass is 10.1. The summed E-state index contributed by atoms with van der Waals surface area (Å²) in [5.41, 5.74) is 0. The lowest BCUT2D eigenvalue weighted by molar-refractivity contribution is 0.116. The molecule has 0 saturated carbocycles. The van der Waals surface area contributed by atoms with Crippen molar-refractivity contribution in [1.82, 2.24) is 10.2 Å². The highest BCUT2D eigenvalue weighted by Crippen LogP contribution is 2.07. The third kappa shape index (κ3) is 7.17. The summed E-state index contributed by atoms with van der Waals surface area (Å²) >= 11 is 0. The summed E-state index contributed by atoms with van der Waals surface area (Å²) in [6, 6.07) is 0.625. The fourth-order valence-corrected chi connectivity index (χ4v) is 1.79. The van der Waals surface area contributed by atoms with Crippen LogP contribution in [0.15, 0.2) is 0 Å². The molecule has 1 saturated heterocycles. The van der Waals surface area contributed by atoms with E-state index >= 15 is 0 Å². The molecule has 0 spiro atoms. The Hall–Kier alpha value is -0.160. The maximum Gasteiger partial charge on any atom is 0.0593 e. The minimum absolute atomic E-state index is 0.625. The molecule has 96 valence electrons. The molecule has 1 aliphatic rings. The van der Waals surface area contributed by atoms with Crippen molar-refractivity contribution in [3.05, 3.63) is 0 Å². The smallest absolute Gasteiger partial charge is 0.0593 e. The van der Waals surface area contributed by atoms with Gasteiger partial charge in [-0.1, -0.05) is 0 Å². The van der Waals surface area contributed by atoms with E-state index in [0.29, 0.717) is 6.04 Å². The molecule has 1 aliphatic heterocycles. The van der Waals surface area contributed by atoms with Gasteiger partial charge in [0.15, 0.2) is 0 Å². The first-order valence-corrected chi connectivity index (χ1v) is 6.32. The minimum Gasteiger partial charge on any atom is -0.381 e. The van der Waals surface area contributed by atoms with Crippen LogP contribution in [-0.4, -0.2) is 64.6 Å². The fraction of sp³-hybridized carbons (Fsp3) is 1.00. The monoisotopic (exact) mass is 230 g/mol. The zero-order valence-corrected chi connectivity index (χ0v) is 10.7. The van der Waals surface area contributed by atoms with E-state index in [4.69, 9.17) is 9.47 Å². The van der Waals surface area contributed by atoms with Gasteiger partial charge in [0, 0.05) is 32.3 Å². The Morgan fingerprint density at radius 2 is 2.12 bits per heavy atom. The van der Waals surface area contributed by atoms with Crippen molar-refractivity contribution in [1.29, 1.82) is 0 Å². The third-order valence-corrected chi connectivity index (χ3v) is 2.81. The van der Waals surface area contributed by atoms with Gasteiger partial charge >= 0.3 is 0 Å². The normalized spacial score (nSPS) is 22.3. The zero-order chi connectivity index (χ0) is 11.6. The first-order valence-electron chi connectivity index (χ1n) is 6.32. The number of rotatable bonds is 7. The van der Waals surface area contributed by atoms with E-state index in [1.165, 1.54) is 12.8 Å². The lowest BCUT2D eigenvalue weighted by Gasteiger charge is -2.16. The minimum atomic E-state index is 0.625. The number of hydrogen-bond donors (Lipinski definition) is 1. The van der Waals surface area contributed by atoms with Gasteiger partial charge in [0.05, 0.1) is 13.2 Å². The van der Waals surface area contributed by atoms with Crippen LogP contribution >= 0.6 is 0 Å². The van der Waals surface area contributed by atoms with Gasteiger partial charge in [-0.15, -0.1) is 0 Å². The molecule has 1 N–H and O–H groups in total. The van der Waals surface area contributed by atoms with Crippen LogP contribution in [0.4, 0.5) is 0 Å². The molecule has 0 aromatic heterocycles. The summed E-state index contributed by atoms with van der Waals surface area (Å²) in [4.78, 5) is 2.13. The first-order chi connectivity index (χ1) is 7.79. The van der Waals surface area contributed by atoms with Crippen LogP contribution < -0.4 is 5.32 Å². The van der Waals surface area contributed by atoms with Crippen LogP contribution in [0, 0.1) is 0 Å². The zero-order valence-electron chi connectivity index (χ0n) is 10.7. The Bertz CT molecular complexity index is 157. The number of ether oxygens (including phenoxy) is 2. The number of nitrogens with zero attached hydrogens (tertiary/aromatic N) is 1. The molecule has 0 radical (unpaired) electrons. The van der Waals surface area contributed by atoms with Gasteiger partial charge < -0.3 is 19.7 Å². The average molecular weight is 230 g/mol. The molecule has 0 aromatic rings. The highest BCUT2D eigenvalue weighted by molar-refractivity contribution is 4.68. The average Bonchev–Trinajstić information content (AvgIpc) is 2.51. The maximum absolute atomic E-state index is 5.53. The molecule has 16 heavy (non-hydrogen) atoms. The van der Waals surface area contributed by atoms with E-state index < -0.39 is 0 Å². The summed E-state index contributed by atoms with van der Waals surface area (Å²) in [6.07, 6.45) is 3.55. The van der Waals surface area contributed by atoms with E-state index in [0.717, 1.165) is 45.9 Å². The Labute approximate surface area is 99.3 Å². The van der Waals surface area contributed by atoms with Gasteiger partial charge in [0.2, 0.25) is 0 Å². The molecule has 1 heterocycles. The standard InChI is InChI=1S/C12H26N2O2/c1-14(2)7-11-16-10-6-13-12-4-3-8-15-9-5-12/h12-13H,3-11H2,1-2H3. The van der Waals surface area contributed by atoms with Crippen molar-refractivity contribution < 1.29 is 9.47 Å².